The monoisotopic (exact) mass is 302 g/mol. The van der Waals surface area contributed by atoms with Gasteiger partial charge in [-0.05, 0) is 31.7 Å². The van der Waals surface area contributed by atoms with Gasteiger partial charge < -0.3 is 15.0 Å². The molecule has 6 nitrogen and oxygen atoms in total. The fourth-order valence-corrected chi connectivity index (χ4v) is 3.73. The number of piperidine rings is 1. The van der Waals surface area contributed by atoms with Crippen LogP contribution in [0.1, 0.15) is 25.7 Å². The zero-order valence-electron chi connectivity index (χ0n) is 12.6. The molecule has 2 saturated heterocycles. The van der Waals surface area contributed by atoms with Crippen molar-refractivity contribution in [3.05, 3.63) is 18.5 Å². The Morgan fingerprint density at radius 1 is 1.23 bits per heavy atom. The fourth-order valence-electron chi connectivity index (χ4n) is 3.73. The lowest BCUT2D eigenvalue weighted by molar-refractivity contribution is -0.129. The van der Waals surface area contributed by atoms with E-state index < -0.39 is 0 Å². The van der Waals surface area contributed by atoms with E-state index in [1.165, 1.54) is 6.42 Å². The highest BCUT2D eigenvalue weighted by Gasteiger charge is 2.45. The SMILES string of the molecule is O=C(NC1CCC1)[C@H]1CN(c2ncccn2)C[C@H]2OCC[C@@H]12. The van der Waals surface area contributed by atoms with Crippen molar-refractivity contribution in [1.82, 2.24) is 15.3 Å². The van der Waals surface area contributed by atoms with Crippen LogP contribution in [0.2, 0.25) is 0 Å². The van der Waals surface area contributed by atoms with E-state index in [4.69, 9.17) is 4.74 Å². The first kappa shape index (κ1) is 13.9. The van der Waals surface area contributed by atoms with E-state index in [9.17, 15) is 4.79 Å². The van der Waals surface area contributed by atoms with Gasteiger partial charge in [-0.2, -0.15) is 0 Å². The van der Waals surface area contributed by atoms with Crippen molar-refractivity contribution in [2.24, 2.45) is 11.8 Å². The van der Waals surface area contributed by atoms with Gasteiger partial charge in [0.25, 0.3) is 0 Å². The minimum atomic E-state index is -0.0225. The smallest absolute Gasteiger partial charge is 0.225 e. The molecule has 22 heavy (non-hydrogen) atoms. The van der Waals surface area contributed by atoms with Crippen LogP contribution in [-0.2, 0) is 9.53 Å². The first-order valence-corrected chi connectivity index (χ1v) is 8.25. The minimum absolute atomic E-state index is 0.0225. The van der Waals surface area contributed by atoms with Crippen LogP contribution in [0.3, 0.4) is 0 Å². The maximum Gasteiger partial charge on any atom is 0.225 e. The summed E-state index contributed by atoms with van der Waals surface area (Å²) in [6, 6.07) is 2.19. The number of nitrogens with one attached hydrogen (secondary N) is 1. The quantitative estimate of drug-likeness (QED) is 0.902. The molecule has 0 bridgehead atoms. The number of hydrogen-bond acceptors (Lipinski definition) is 5. The van der Waals surface area contributed by atoms with Crippen LogP contribution in [-0.4, -0.2) is 47.7 Å². The van der Waals surface area contributed by atoms with Gasteiger partial charge in [0, 0.05) is 44.0 Å². The van der Waals surface area contributed by atoms with Crippen molar-refractivity contribution >= 4 is 11.9 Å². The third-order valence-corrected chi connectivity index (χ3v) is 5.22. The number of carbonyl (C=O) groups excluding carboxylic acids is 1. The second-order valence-electron chi connectivity index (χ2n) is 6.56. The Kier molecular flexibility index (Phi) is 3.70. The van der Waals surface area contributed by atoms with Gasteiger partial charge in [0.15, 0.2) is 0 Å². The number of ether oxygens (including phenoxy) is 1. The highest BCUT2D eigenvalue weighted by atomic mass is 16.5. The molecule has 4 rings (SSSR count). The summed E-state index contributed by atoms with van der Waals surface area (Å²) in [6.07, 6.45) is 8.06. The van der Waals surface area contributed by atoms with E-state index in [1.807, 2.05) is 6.07 Å². The molecule has 2 aliphatic heterocycles. The molecule has 3 aliphatic rings. The molecule has 3 fully saturated rings. The Hall–Kier alpha value is -1.69. The Labute approximate surface area is 130 Å². The second kappa shape index (κ2) is 5.83. The van der Waals surface area contributed by atoms with Crippen LogP contribution in [0.5, 0.6) is 0 Å². The molecule has 6 heteroatoms. The van der Waals surface area contributed by atoms with E-state index in [0.29, 0.717) is 24.5 Å². The molecule has 0 radical (unpaired) electrons. The molecule has 0 aromatic carbocycles. The summed E-state index contributed by atoms with van der Waals surface area (Å²) in [5.41, 5.74) is 0. The first-order chi connectivity index (χ1) is 10.8. The Balaban J connectivity index is 1.51. The van der Waals surface area contributed by atoms with Gasteiger partial charge in [0.1, 0.15) is 0 Å². The molecule has 0 unspecified atom stereocenters. The summed E-state index contributed by atoms with van der Waals surface area (Å²) in [5.74, 6) is 1.19. The lowest BCUT2D eigenvalue weighted by Crippen LogP contribution is -2.55. The van der Waals surface area contributed by atoms with Crippen LogP contribution < -0.4 is 10.2 Å². The summed E-state index contributed by atoms with van der Waals surface area (Å²) < 4.78 is 5.86. The standard InChI is InChI=1S/C16H22N4O2/c21-15(19-11-3-1-4-11)13-9-20(16-17-6-2-7-18-16)10-14-12(13)5-8-22-14/h2,6-7,11-14H,1,3-5,8-10H2,(H,19,21)/t12-,13-,14+/m0/s1. The number of fused-ring (bicyclic) bond motifs is 1. The number of amides is 1. The van der Waals surface area contributed by atoms with Crippen molar-refractivity contribution in [3.8, 4) is 0 Å². The maximum absolute atomic E-state index is 12.7. The van der Waals surface area contributed by atoms with Crippen molar-refractivity contribution < 1.29 is 9.53 Å². The molecular weight excluding hydrogens is 280 g/mol. The molecule has 1 aromatic heterocycles. The molecule has 3 atom stereocenters. The molecule has 1 amide bonds. The molecule has 1 aliphatic carbocycles. The van der Waals surface area contributed by atoms with E-state index in [0.717, 1.165) is 32.4 Å². The summed E-state index contributed by atoms with van der Waals surface area (Å²) in [4.78, 5) is 23.4. The second-order valence-corrected chi connectivity index (χ2v) is 6.56. The number of hydrogen-bond donors (Lipinski definition) is 1. The van der Waals surface area contributed by atoms with Gasteiger partial charge in [-0.25, -0.2) is 9.97 Å². The predicted octanol–water partition coefficient (Wildman–Crippen LogP) is 0.987. The third kappa shape index (κ3) is 2.56. The minimum Gasteiger partial charge on any atom is -0.376 e. The largest absolute Gasteiger partial charge is 0.376 e. The average Bonchev–Trinajstić information content (AvgIpc) is 2.99. The van der Waals surface area contributed by atoms with Gasteiger partial charge in [-0.3, -0.25) is 4.79 Å². The zero-order chi connectivity index (χ0) is 14.9. The summed E-state index contributed by atoms with van der Waals surface area (Å²) in [6.45, 7) is 2.22. The van der Waals surface area contributed by atoms with Gasteiger partial charge >= 0.3 is 0 Å². The molecule has 1 N–H and O–H groups in total. The van der Waals surface area contributed by atoms with Crippen LogP contribution in [0, 0.1) is 11.8 Å². The van der Waals surface area contributed by atoms with Gasteiger partial charge in [-0.1, -0.05) is 0 Å². The first-order valence-electron chi connectivity index (χ1n) is 8.25. The van der Waals surface area contributed by atoms with Crippen LogP contribution >= 0.6 is 0 Å². The van der Waals surface area contributed by atoms with E-state index in [-0.39, 0.29) is 17.9 Å². The van der Waals surface area contributed by atoms with Crippen LogP contribution in [0.4, 0.5) is 5.95 Å². The molecule has 0 spiro atoms. The fraction of sp³-hybridized carbons (Fsp3) is 0.688. The predicted molar refractivity (Wildman–Crippen MR) is 81.4 cm³/mol. The number of rotatable bonds is 3. The molecule has 3 heterocycles. The van der Waals surface area contributed by atoms with Gasteiger partial charge in [0.2, 0.25) is 11.9 Å². The maximum atomic E-state index is 12.7. The van der Waals surface area contributed by atoms with Crippen molar-refractivity contribution in [3.63, 3.8) is 0 Å². The normalized spacial score (nSPS) is 31.5. The molecule has 1 aromatic rings. The van der Waals surface area contributed by atoms with Crippen molar-refractivity contribution in [2.45, 2.75) is 37.8 Å². The van der Waals surface area contributed by atoms with Gasteiger partial charge in [0.05, 0.1) is 12.0 Å². The average molecular weight is 302 g/mol. The lowest BCUT2D eigenvalue weighted by atomic mass is 9.81. The molecule has 118 valence electrons. The van der Waals surface area contributed by atoms with Crippen molar-refractivity contribution in [1.29, 1.82) is 0 Å². The third-order valence-electron chi connectivity index (χ3n) is 5.22. The Bertz CT molecular complexity index is 534. The number of aromatic nitrogens is 2. The highest BCUT2D eigenvalue weighted by molar-refractivity contribution is 5.80. The zero-order valence-corrected chi connectivity index (χ0v) is 12.6. The van der Waals surface area contributed by atoms with E-state index in [2.05, 4.69) is 20.2 Å². The number of carbonyl (C=O) groups is 1. The van der Waals surface area contributed by atoms with E-state index >= 15 is 0 Å². The highest BCUT2D eigenvalue weighted by Crippen LogP contribution is 2.35. The van der Waals surface area contributed by atoms with E-state index in [1.54, 1.807) is 12.4 Å². The topological polar surface area (TPSA) is 67.4 Å². The number of anilines is 1. The van der Waals surface area contributed by atoms with Crippen LogP contribution in [0.15, 0.2) is 18.5 Å². The van der Waals surface area contributed by atoms with Gasteiger partial charge in [-0.15, -0.1) is 0 Å². The molecular formula is C16H22N4O2. The van der Waals surface area contributed by atoms with Crippen molar-refractivity contribution in [2.75, 3.05) is 24.6 Å². The lowest BCUT2D eigenvalue weighted by Gasteiger charge is -2.40. The summed E-state index contributed by atoms with van der Waals surface area (Å²) in [5, 5.41) is 3.21. The molecule has 1 saturated carbocycles. The van der Waals surface area contributed by atoms with Crippen LogP contribution in [0.25, 0.3) is 0 Å². The Morgan fingerprint density at radius 3 is 2.77 bits per heavy atom. The Morgan fingerprint density at radius 2 is 2.05 bits per heavy atom. The summed E-state index contributed by atoms with van der Waals surface area (Å²) in [7, 11) is 0. The summed E-state index contributed by atoms with van der Waals surface area (Å²) >= 11 is 0. The number of nitrogens with zero attached hydrogens (tertiary/aromatic N) is 3.